The number of nitrogens with two attached hydrogens (primary N) is 1. The minimum absolute atomic E-state index is 0.0937. The van der Waals surface area contributed by atoms with Crippen molar-refractivity contribution in [3.05, 3.63) is 43.0 Å². The third kappa shape index (κ3) is 3.16. The van der Waals surface area contributed by atoms with E-state index >= 15 is 0 Å². The molecule has 4 heterocycles. The largest absolute Gasteiger partial charge is 0.391 e. The monoisotopic (exact) mass is 337 g/mol. The molecule has 128 valence electrons. The lowest BCUT2D eigenvalue weighted by Gasteiger charge is -2.26. The SMILES string of the molecule is Nc1cc(N2C[C@H](O)C[C@@H]2CNc2ccnc3cccnc23)ncn1. The van der Waals surface area contributed by atoms with Gasteiger partial charge in [0.1, 0.15) is 23.5 Å². The number of hydrogen-bond donors (Lipinski definition) is 3. The number of β-amino-alcohol motifs (C(OH)–C–C–N with tert-alkyl or cyclic N) is 1. The normalized spacial score (nSPS) is 20.1. The summed E-state index contributed by atoms with van der Waals surface area (Å²) in [5.41, 5.74) is 8.37. The van der Waals surface area contributed by atoms with Gasteiger partial charge < -0.3 is 21.1 Å². The van der Waals surface area contributed by atoms with E-state index in [2.05, 4.69) is 30.2 Å². The molecule has 3 aromatic rings. The maximum atomic E-state index is 10.1. The first-order valence-electron chi connectivity index (χ1n) is 8.16. The van der Waals surface area contributed by atoms with Crippen LogP contribution >= 0.6 is 0 Å². The average molecular weight is 337 g/mol. The summed E-state index contributed by atoms with van der Waals surface area (Å²) in [7, 11) is 0. The quantitative estimate of drug-likeness (QED) is 0.647. The van der Waals surface area contributed by atoms with Crippen LogP contribution < -0.4 is 16.0 Å². The van der Waals surface area contributed by atoms with E-state index < -0.39 is 6.10 Å². The molecule has 0 bridgehead atoms. The number of hydrogen-bond acceptors (Lipinski definition) is 8. The van der Waals surface area contributed by atoms with Crippen LogP contribution in [0.15, 0.2) is 43.0 Å². The Morgan fingerprint density at radius 3 is 3.00 bits per heavy atom. The summed E-state index contributed by atoms with van der Waals surface area (Å²) >= 11 is 0. The number of pyridine rings is 2. The first kappa shape index (κ1) is 15.5. The molecule has 25 heavy (non-hydrogen) atoms. The predicted molar refractivity (Wildman–Crippen MR) is 96.2 cm³/mol. The fourth-order valence-corrected chi connectivity index (χ4v) is 3.23. The zero-order valence-corrected chi connectivity index (χ0v) is 13.6. The fourth-order valence-electron chi connectivity index (χ4n) is 3.23. The third-order valence-electron chi connectivity index (χ3n) is 4.38. The summed E-state index contributed by atoms with van der Waals surface area (Å²) in [6, 6.07) is 7.54. The van der Waals surface area contributed by atoms with Crippen molar-refractivity contribution in [1.82, 2.24) is 19.9 Å². The van der Waals surface area contributed by atoms with E-state index in [0.717, 1.165) is 22.5 Å². The Hall–Kier alpha value is -3.00. The number of aromatic nitrogens is 4. The molecular formula is C17H19N7O. The number of anilines is 3. The number of nitrogens with one attached hydrogen (secondary N) is 1. The molecule has 1 fully saturated rings. The number of nitrogen functional groups attached to an aromatic ring is 1. The topological polar surface area (TPSA) is 113 Å². The Balaban J connectivity index is 1.54. The van der Waals surface area contributed by atoms with Crippen molar-refractivity contribution in [2.24, 2.45) is 0 Å². The van der Waals surface area contributed by atoms with E-state index in [1.165, 1.54) is 6.33 Å². The number of aliphatic hydroxyl groups excluding tert-OH is 1. The molecule has 0 radical (unpaired) electrons. The third-order valence-corrected chi connectivity index (χ3v) is 4.38. The van der Waals surface area contributed by atoms with Crippen LogP contribution in [0.5, 0.6) is 0 Å². The van der Waals surface area contributed by atoms with E-state index in [4.69, 9.17) is 5.73 Å². The van der Waals surface area contributed by atoms with Crippen LogP contribution in [0.3, 0.4) is 0 Å². The smallest absolute Gasteiger partial charge is 0.134 e. The lowest BCUT2D eigenvalue weighted by atomic mass is 10.2. The molecule has 0 amide bonds. The fraction of sp³-hybridized carbons (Fsp3) is 0.294. The van der Waals surface area contributed by atoms with Gasteiger partial charge in [-0.1, -0.05) is 0 Å². The molecule has 0 aromatic carbocycles. The second-order valence-electron chi connectivity index (χ2n) is 6.11. The molecule has 4 N–H and O–H groups in total. The Bertz CT molecular complexity index is 882. The summed E-state index contributed by atoms with van der Waals surface area (Å²) in [4.78, 5) is 19.0. The Kier molecular flexibility index (Phi) is 4.02. The number of fused-ring (bicyclic) bond motifs is 1. The Morgan fingerprint density at radius 2 is 2.12 bits per heavy atom. The lowest BCUT2D eigenvalue weighted by molar-refractivity contribution is 0.194. The standard InChI is InChI=1S/C17H19N7O/c18-15-7-16(23-10-22-15)24-9-12(25)6-11(24)8-21-14-3-5-19-13-2-1-4-20-17(13)14/h1-5,7,10-12,25H,6,8-9H2,(H,19,21)(H2,18,22,23)/t11-,12-/m1/s1. The maximum Gasteiger partial charge on any atom is 0.134 e. The van der Waals surface area contributed by atoms with Gasteiger partial charge in [0.05, 0.1) is 23.3 Å². The van der Waals surface area contributed by atoms with E-state index in [0.29, 0.717) is 25.3 Å². The number of aliphatic hydroxyl groups is 1. The minimum atomic E-state index is -0.393. The molecule has 8 heteroatoms. The van der Waals surface area contributed by atoms with Crippen LogP contribution in [0.4, 0.5) is 17.3 Å². The second-order valence-corrected chi connectivity index (χ2v) is 6.11. The van der Waals surface area contributed by atoms with Crippen LogP contribution in [-0.4, -0.2) is 50.3 Å². The van der Waals surface area contributed by atoms with Crippen molar-refractivity contribution in [2.75, 3.05) is 29.0 Å². The summed E-state index contributed by atoms with van der Waals surface area (Å²) in [6.07, 6.45) is 5.23. The first-order chi connectivity index (χ1) is 12.2. The summed E-state index contributed by atoms with van der Waals surface area (Å²) in [6.45, 7) is 1.18. The summed E-state index contributed by atoms with van der Waals surface area (Å²) in [5.74, 6) is 1.15. The molecule has 8 nitrogen and oxygen atoms in total. The van der Waals surface area contributed by atoms with Crippen molar-refractivity contribution in [1.29, 1.82) is 0 Å². The highest BCUT2D eigenvalue weighted by molar-refractivity contribution is 5.86. The van der Waals surface area contributed by atoms with E-state index in [1.54, 1.807) is 18.5 Å². The molecule has 4 rings (SSSR count). The van der Waals surface area contributed by atoms with Crippen molar-refractivity contribution in [2.45, 2.75) is 18.6 Å². The maximum absolute atomic E-state index is 10.1. The van der Waals surface area contributed by atoms with Gasteiger partial charge >= 0.3 is 0 Å². The molecular weight excluding hydrogens is 318 g/mol. The van der Waals surface area contributed by atoms with Crippen LogP contribution in [0.2, 0.25) is 0 Å². The summed E-state index contributed by atoms with van der Waals surface area (Å²) in [5, 5.41) is 13.5. The highest BCUT2D eigenvalue weighted by Crippen LogP contribution is 2.26. The van der Waals surface area contributed by atoms with Crippen LogP contribution in [0.25, 0.3) is 11.0 Å². The molecule has 1 aliphatic heterocycles. The van der Waals surface area contributed by atoms with Gasteiger partial charge in [-0.2, -0.15) is 0 Å². The van der Waals surface area contributed by atoms with Gasteiger partial charge in [-0.3, -0.25) is 9.97 Å². The molecule has 1 saturated heterocycles. The second kappa shape index (κ2) is 6.48. The Labute approximate surface area is 144 Å². The zero-order chi connectivity index (χ0) is 17.2. The Morgan fingerprint density at radius 1 is 1.20 bits per heavy atom. The van der Waals surface area contributed by atoms with Gasteiger partial charge in [0.2, 0.25) is 0 Å². The van der Waals surface area contributed by atoms with Crippen molar-refractivity contribution in [3.8, 4) is 0 Å². The highest BCUT2D eigenvalue weighted by Gasteiger charge is 2.31. The number of nitrogens with zero attached hydrogens (tertiary/aromatic N) is 5. The van der Waals surface area contributed by atoms with E-state index in [1.807, 2.05) is 18.2 Å². The molecule has 0 saturated carbocycles. The van der Waals surface area contributed by atoms with Gasteiger partial charge in [0.25, 0.3) is 0 Å². The van der Waals surface area contributed by atoms with Crippen molar-refractivity contribution < 1.29 is 5.11 Å². The molecule has 0 aliphatic carbocycles. The van der Waals surface area contributed by atoms with Crippen molar-refractivity contribution >= 4 is 28.4 Å². The van der Waals surface area contributed by atoms with Gasteiger partial charge in [-0.05, 0) is 24.6 Å². The van der Waals surface area contributed by atoms with Crippen LogP contribution in [-0.2, 0) is 0 Å². The minimum Gasteiger partial charge on any atom is -0.391 e. The molecule has 0 unspecified atom stereocenters. The van der Waals surface area contributed by atoms with Crippen LogP contribution in [0, 0.1) is 0 Å². The molecule has 1 aliphatic rings. The lowest BCUT2D eigenvalue weighted by Crippen LogP contribution is -2.35. The van der Waals surface area contributed by atoms with Gasteiger partial charge in [0.15, 0.2) is 0 Å². The molecule has 0 spiro atoms. The average Bonchev–Trinajstić information content (AvgIpc) is 3.01. The zero-order valence-electron chi connectivity index (χ0n) is 13.6. The summed E-state index contributed by atoms with van der Waals surface area (Å²) < 4.78 is 0. The molecule has 2 atom stereocenters. The van der Waals surface area contributed by atoms with E-state index in [-0.39, 0.29) is 6.04 Å². The van der Waals surface area contributed by atoms with Gasteiger partial charge in [-0.25, -0.2) is 9.97 Å². The van der Waals surface area contributed by atoms with Crippen LogP contribution in [0.1, 0.15) is 6.42 Å². The predicted octanol–water partition coefficient (Wildman–Crippen LogP) is 1.05. The first-order valence-corrected chi connectivity index (χ1v) is 8.16. The van der Waals surface area contributed by atoms with Crippen molar-refractivity contribution in [3.63, 3.8) is 0 Å². The highest BCUT2D eigenvalue weighted by atomic mass is 16.3. The molecule has 3 aromatic heterocycles. The number of rotatable bonds is 4. The van der Waals surface area contributed by atoms with Gasteiger partial charge in [-0.15, -0.1) is 0 Å². The van der Waals surface area contributed by atoms with Gasteiger partial charge in [0, 0.05) is 31.5 Å². The van der Waals surface area contributed by atoms with E-state index in [9.17, 15) is 5.11 Å².